The molecule has 1 saturated carbocycles. The molecule has 0 saturated heterocycles. The first-order chi connectivity index (χ1) is 17.5. The number of hydrogen-bond donors (Lipinski definition) is 2. The third kappa shape index (κ3) is 6.35. The van der Waals surface area contributed by atoms with E-state index in [1.165, 1.54) is 0 Å². The second-order valence-corrected chi connectivity index (χ2v) is 8.74. The molecular weight excluding hydrogens is 460 g/mol. The molecule has 1 aliphatic rings. The molecule has 1 fully saturated rings. The first-order valence-corrected chi connectivity index (χ1v) is 12.1. The molecule has 3 aromatic rings. The Labute approximate surface area is 211 Å². The van der Waals surface area contributed by atoms with Gasteiger partial charge in [0.15, 0.2) is 6.79 Å². The van der Waals surface area contributed by atoms with Crippen LogP contribution < -0.4 is 25.7 Å². The molecule has 1 aromatic heterocycles. The second kappa shape index (κ2) is 11.9. The number of nitrogens with zero attached hydrogens (tertiary/aromatic N) is 2. The van der Waals surface area contributed by atoms with Crippen LogP contribution in [-0.2, 0) is 15.9 Å². The maximum absolute atomic E-state index is 6.64. The third-order valence-corrected chi connectivity index (χ3v) is 5.98. The molecule has 1 aliphatic carbocycles. The van der Waals surface area contributed by atoms with Crippen molar-refractivity contribution in [2.45, 2.75) is 32.3 Å². The molecule has 0 radical (unpaired) electrons. The molecule has 9 nitrogen and oxygen atoms in total. The highest BCUT2D eigenvalue weighted by atomic mass is 16.7. The Kier molecular flexibility index (Phi) is 8.45. The molecule has 2 aromatic carbocycles. The summed E-state index contributed by atoms with van der Waals surface area (Å²) in [7, 11) is 3.29. The van der Waals surface area contributed by atoms with Crippen LogP contribution in [-0.4, -0.2) is 50.3 Å². The van der Waals surface area contributed by atoms with Crippen molar-refractivity contribution in [3.63, 3.8) is 0 Å². The van der Waals surface area contributed by atoms with Gasteiger partial charge < -0.3 is 35.2 Å². The monoisotopic (exact) mass is 494 g/mol. The van der Waals surface area contributed by atoms with Gasteiger partial charge in [-0.2, -0.15) is 4.98 Å². The van der Waals surface area contributed by atoms with Gasteiger partial charge in [0, 0.05) is 32.4 Å². The Morgan fingerprint density at radius 2 is 1.75 bits per heavy atom. The number of benzene rings is 2. The molecule has 1 atom stereocenters. The second-order valence-electron chi connectivity index (χ2n) is 8.74. The highest BCUT2D eigenvalue weighted by Gasteiger charge is 2.34. The lowest BCUT2D eigenvalue weighted by molar-refractivity contribution is 0.0511. The van der Waals surface area contributed by atoms with Crippen LogP contribution in [0.5, 0.6) is 17.2 Å². The number of nitrogens with two attached hydrogens (primary N) is 2. The summed E-state index contributed by atoms with van der Waals surface area (Å²) in [6.07, 6.45) is 4.37. The van der Waals surface area contributed by atoms with Crippen molar-refractivity contribution < 1.29 is 23.7 Å². The van der Waals surface area contributed by atoms with E-state index in [9.17, 15) is 0 Å². The molecule has 0 aliphatic heterocycles. The quantitative estimate of drug-likeness (QED) is 0.338. The van der Waals surface area contributed by atoms with Crippen molar-refractivity contribution in [1.29, 1.82) is 0 Å². The van der Waals surface area contributed by atoms with E-state index in [2.05, 4.69) is 9.97 Å². The minimum absolute atomic E-state index is 0.0484. The summed E-state index contributed by atoms with van der Waals surface area (Å²) in [6, 6.07) is 11.8. The summed E-state index contributed by atoms with van der Waals surface area (Å²) in [6.45, 7) is 3.16. The summed E-state index contributed by atoms with van der Waals surface area (Å²) in [5, 5.41) is 0. The first-order valence-electron chi connectivity index (χ1n) is 12.1. The van der Waals surface area contributed by atoms with Gasteiger partial charge in [-0.15, -0.1) is 0 Å². The topological polar surface area (TPSA) is 124 Å². The van der Waals surface area contributed by atoms with E-state index in [0.717, 1.165) is 46.6 Å². The van der Waals surface area contributed by atoms with E-state index in [1.807, 2.05) is 43.3 Å². The van der Waals surface area contributed by atoms with Crippen molar-refractivity contribution >= 4 is 11.8 Å². The smallest absolute Gasteiger partial charge is 0.221 e. The van der Waals surface area contributed by atoms with Gasteiger partial charge in [-0.3, -0.25) is 0 Å². The minimum Gasteiger partial charge on any atom is -0.493 e. The van der Waals surface area contributed by atoms with Crippen LogP contribution in [0.1, 0.15) is 30.9 Å². The van der Waals surface area contributed by atoms with E-state index >= 15 is 0 Å². The molecule has 1 heterocycles. The van der Waals surface area contributed by atoms with Crippen molar-refractivity contribution in [2.24, 2.45) is 5.92 Å². The first kappa shape index (κ1) is 25.5. The standard InChI is InChI=1S/C27H34N4O5/c1-4-34-22-12-17(11-20-14-30-27(29)31-26(20)28)13-23(36-24(15-32-2)18-5-6-18)25(22)19-7-9-21(10-8-19)35-16-33-3/h7-10,12-14,18,24H,4-6,11,15-16H2,1-3H3,(H4,28,29,30,31). The van der Waals surface area contributed by atoms with E-state index < -0.39 is 0 Å². The Morgan fingerprint density at radius 3 is 2.39 bits per heavy atom. The van der Waals surface area contributed by atoms with Gasteiger partial charge in [-0.1, -0.05) is 12.1 Å². The van der Waals surface area contributed by atoms with Crippen LogP contribution in [0.3, 0.4) is 0 Å². The highest BCUT2D eigenvalue weighted by Crippen LogP contribution is 2.43. The van der Waals surface area contributed by atoms with Crippen molar-refractivity contribution in [1.82, 2.24) is 9.97 Å². The van der Waals surface area contributed by atoms with E-state index in [-0.39, 0.29) is 18.8 Å². The number of anilines is 2. The molecule has 9 heteroatoms. The Hall–Kier alpha value is -3.56. The molecule has 36 heavy (non-hydrogen) atoms. The van der Waals surface area contributed by atoms with E-state index in [4.69, 9.17) is 35.2 Å². The summed E-state index contributed by atoms with van der Waals surface area (Å²) in [4.78, 5) is 8.20. The van der Waals surface area contributed by atoms with Gasteiger partial charge in [0.2, 0.25) is 5.95 Å². The van der Waals surface area contributed by atoms with Gasteiger partial charge in [-0.25, -0.2) is 4.98 Å². The van der Waals surface area contributed by atoms with Gasteiger partial charge in [-0.05, 0) is 61.1 Å². The van der Waals surface area contributed by atoms with Crippen molar-refractivity contribution in [3.8, 4) is 28.4 Å². The lowest BCUT2D eigenvalue weighted by Crippen LogP contribution is -2.25. The minimum atomic E-state index is -0.0484. The van der Waals surface area contributed by atoms with Crippen molar-refractivity contribution in [2.75, 3.05) is 45.7 Å². The number of hydrogen-bond acceptors (Lipinski definition) is 9. The molecule has 0 spiro atoms. The van der Waals surface area contributed by atoms with Crippen molar-refractivity contribution in [3.05, 3.63) is 53.7 Å². The zero-order valence-electron chi connectivity index (χ0n) is 21.0. The largest absolute Gasteiger partial charge is 0.493 e. The zero-order chi connectivity index (χ0) is 25.5. The van der Waals surface area contributed by atoms with Gasteiger partial charge in [0.1, 0.15) is 29.2 Å². The molecule has 0 amide bonds. The highest BCUT2D eigenvalue weighted by molar-refractivity contribution is 5.78. The van der Waals surface area contributed by atoms with Crippen LogP contribution in [0.25, 0.3) is 11.1 Å². The summed E-state index contributed by atoms with van der Waals surface area (Å²) in [5.74, 6) is 3.14. The SMILES string of the molecule is CCOc1cc(Cc2cnc(N)nc2N)cc(OC(COC)C2CC2)c1-c1ccc(OCOC)cc1. The summed E-state index contributed by atoms with van der Waals surface area (Å²) in [5.41, 5.74) is 15.4. The number of aromatic nitrogens is 2. The van der Waals surface area contributed by atoms with Crippen LogP contribution in [0.4, 0.5) is 11.8 Å². The van der Waals surface area contributed by atoms with Gasteiger partial charge in [0.25, 0.3) is 0 Å². The lowest BCUT2D eigenvalue weighted by Gasteiger charge is -2.23. The van der Waals surface area contributed by atoms with Gasteiger partial charge >= 0.3 is 0 Å². The van der Waals surface area contributed by atoms with Crippen LogP contribution in [0, 0.1) is 5.92 Å². The molecule has 4 N–H and O–H groups in total. The fourth-order valence-corrected chi connectivity index (χ4v) is 4.09. The average Bonchev–Trinajstić information content (AvgIpc) is 3.71. The van der Waals surface area contributed by atoms with Crippen LogP contribution >= 0.6 is 0 Å². The summed E-state index contributed by atoms with van der Waals surface area (Å²) >= 11 is 0. The van der Waals surface area contributed by atoms with Crippen LogP contribution in [0.2, 0.25) is 0 Å². The lowest BCUT2D eigenvalue weighted by atomic mass is 9.98. The Morgan fingerprint density at radius 1 is 1.00 bits per heavy atom. The van der Waals surface area contributed by atoms with E-state index in [0.29, 0.717) is 37.1 Å². The molecular formula is C27H34N4O5. The molecule has 4 rings (SSSR count). The maximum atomic E-state index is 6.64. The molecule has 0 bridgehead atoms. The molecule has 192 valence electrons. The fraction of sp³-hybridized carbons (Fsp3) is 0.407. The normalized spacial score (nSPS) is 13.9. The predicted octanol–water partition coefficient (Wildman–Crippen LogP) is 4.08. The third-order valence-electron chi connectivity index (χ3n) is 5.98. The maximum Gasteiger partial charge on any atom is 0.221 e. The molecule has 1 unspecified atom stereocenters. The van der Waals surface area contributed by atoms with Crippen LogP contribution in [0.15, 0.2) is 42.6 Å². The zero-order valence-corrected chi connectivity index (χ0v) is 21.0. The number of ether oxygens (including phenoxy) is 5. The summed E-state index contributed by atoms with van der Waals surface area (Å²) < 4.78 is 28.8. The average molecular weight is 495 g/mol. The number of nitrogen functional groups attached to an aromatic ring is 2. The van der Waals surface area contributed by atoms with Gasteiger partial charge in [0.05, 0.1) is 18.8 Å². The fourth-order valence-electron chi connectivity index (χ4n) is 4.09. The predicted molar refractivity (Wildman–Crippen MR) is 138 cm³/mol. The Balaban J connectivity index is 1.76. The number of methoxy groups -OCH3 is 2. The number of rotatable bonds is 13. The Bertz CT molecular complexity index is 1150. The van der Waals surface area contributed by atoms with E-state index in [1.54, 1.807) is 20.4 Å².